The van der Waals surface area contributed by atoms with Crippen LogP contribution in [0.25, 0.3) is 0 Å². The lowest BCUT2D eigenvalue weighted by Gasteiger charge is -2.07. The molecule has 2 aromatic carbocycles. The van der Waals surface area contributed by atoms with E-state index >= 15 is 0 Å². The molecule has 0 saturated carbocycles. The van der Waals surface area contributed by atoms with Gasteiger partial charge in [-0.3, -0.25) is 4.79 Å². The molecule has 1 amide bonds. The van der Waals surface area contributed by atoms with Crippen molar-refractivity contribution in [3.8, 4) is 5.75 Å². The van der Waals surface area contributed by atoms with Crippen LogP contribution in [0.2, 0.25) is 10.0 Å². The number of nitrogens with one attached hydrogen (secondary N) is 1. The van der Waals surface area contributed by atoms with Crippen molar-refractivity contribution in [1.82, 2.24) is 5.32 Å². The minimum absolute atomic E-state index is 0.188. The number of aromatic hydroxyl groups is 1. The van der Waals surface area contributed by atoms with Crippen LogP contribution in [0.1, 0.15) is 15.9 Å². The van der Waals surface area contributed by atoms with Crippen LogP contribution in [0, 0.1) is 0 Å². The molecule has 0 bridgehead atoms. The van der Waals surface area contributed by atoms with Crippen molar-refractivity contribution in [2.24, 2.45) is 0 Å². The molecule has 19 heavy (non-hydrogen) atoms. The highest BCUT2D eigenvalue weighted by atomic mass is 35.5. The van der Waals surface area contributed by atoms with Crippen LogP contribution < -0.4 is 5.32 Å². The number of carbonyl (C=O) groups excluding carboxylic acids is 1. The number of amides is 1. The zero-order valence-electron chi connectivity index (χ0n) is 9.86. The molecule has 0 aliphatic heterocycles. The van der Waals surface area contributed by atoms with Gasteiger partial charge in [0.15, 0.2) is 0 Å². The number of rotatable bonds is 3. The second kappa shape index (κ2) is 5.95. The molecular weight excluding hydrogens is 285 g/mol. The molecule has 0 aliphatic rings. The highest BCUT2D eigenvalue weighted by molar-refractivity contribution is 6.43. The Labute approximate surface area is 120 Å². The van der Waals surface area contributed by atoms with Crippen LogP contribution in [0.15, 0.2) is 42.5 Å². The van der Waals surface area contributed by atoms with Crippen molar-refractivity contribution in [2.45, 2.75) is 6.54 Å². The van der Waals surface area contributed by atoms with Crippen molar-refractivity contribution < 1.29 is 9.90 Å². The average Bonchev–Trinajstić information content (AvgIpc) is 2.41. The lowest BCUT2D eigenvalue weighted by molar-refractivity contribution is 0.0951. The Balaban J connectivity index is 2.05. The maximum Gasteiger partial charge on any atom is 0.253 e. The molecule has 3 nitrogen and oxygen atoms in total. The van der Waals surface area contributed by atoms with E-state index in [1.54, 1.807) is 42.5 Å². The van der Waals surface area contributed by atoms with Gasteiger partial charge in [0.05, 0.1) is 15.6 Å². The van der Waals surface area contributed by atoms with Gasteiger partial charge in [0.2, 0.25) is 0 Å². The number of hydrogen-bond donors (Lipinski definition) is 2. The van der Waals surface area contributed by atoms with Crippen molar-refractivity contribution >= 4 is 29.1 Å². The lowest BCUT2D eigenvalue weighted by Crippen LogP contribution is -2.23. The van der Waals surface area contributed by atoms with Crippen molar-refractivity contribution in [2.75, 3.05) is 0 Å². The summed E-state index contributed by atoms with van der Waals surface area (Å²) in [6, 6.07) is 11.5. The highest BCUT2D eigenvalue weighted by Gasteiger charge is 2.11. The normalized spacial score (nSPS) is 10.2. The molecule has 2 aromatic rings. The summed E-state index contributed by atoms with van der Waals surface area (Å²) in [7, 11) is 0. The summed E-state index contributed by atoms with van der Waals surface area (Å²) in [6.45, 7) is 0.349. The summed E-state index contributed by atoms with van der Waals surface area (Å²) in [4.78, 5) is 12.0. The fraction of sp³-hybridized carbons (Fsp3) is 0.0714. The molecule has 0 heterocycles. The van der Waals surface area contributed by atoms with Gasteiger partial charge in [0, 0.05) is 6.54 Å². The third kappa shape index (κ3) is 3.40. The summed E-state index contributed by atoms with van der Waals surface area (Å²) < 4.78 is 0. The third-order valence-electron chi connectivity index (χ3n) is 2.59. The van der Waals surface area contributed by atoms with Crippen molar-refractivity contribution in [1.29, 1.82) is 0 Å². The number of carbonyl (C=O) groups is 1. The van der Waals surface area contributed by atoms with E-state index in [2.05, 4.69) is 5.32 Å². The first-order valence-electron chi connectivity index (χ1n) is 5.58. The Morgan fingerprint density at radius 2 is 1.79 bits per heavy atom. The van der Waals surface area contributed by atoms with Crippen LogP contribution in [0.3, 0.4) is 0 Å². The van der Waals surface area contributed by atoms with Crippen LogP contribution in [0.5, 0.6) is 5.75 Å². The molecule has 98 valence electrons. The van der Waals surface area contributed by atoms with Gasteiger partial charge in [-0.1, -0.05) is 41.4 Å². The predicted molar refractivity (Wildman–Crippen MR) is 75.7 cm³/mol. The summed E-state index contributed by atoms with van der Waals surface area (Å²) in [6.07, 6.45) is 0. The molecular formula is C14H11Cl2NO2. The van der Waals surface area contributed by atoms with Crippen LogP contribution >= 0.6 is 23.2 Å². The van der Waals surface area contributed by atoms with Gasteiger partial charge in [-0.05, 0) is 29.8 Å². The second-order valence-corrected chi connectivity index (χ2v) is 4.74. The van der Waals surface area contributed by atoms with Gasteiger partial charge < -0.3 is 10.4 Å². The number of phenols is 1. The number of hydrogen-bond acceptors (Lipinski definition) is 2. The predicted octanol–water partition coefficient (Wildman–Crippen LogP) is 3.63. The van der Waals surface area contributed by atoms with E-state index in [1.165, 1.54) is 0 Å². The lowest BCUT2D eigenvalue weighted by atomic mass is 10.2. The Morgan fingerprint density at radius 1 is 1.11 bits per heavy atom. The molecule has 0 aromatic heterocycles. The second-order valence-electron chi connectivity index (χ2n) is 3.95. The molecule has 0 aliphatic carbocycles. The summed E-state index contributed by atoms with van der Waals surface area (Å²) in [5.74, 6) is -0.103. The first-order chi connectivity index (χ1) is 9.08. The topological polar surface area (TPSA) is 49.3 Å². The van der Waals surface area contributed by atoms with E-state index in [4.69, 9.17) is 28.3 Å². The minimum atomic E-state index is -0.291. The summed E-state index contributed by atoms with van der Waals surface area (Å²) >= 11 is 11.8. The van der Waals surface area contributed by atoms with Gasteiger partial charge in [-0.2, -0.15) is 0 Å². The Kier molecular flexibility index (Phi) is 4.30. The molecule has 0 fully saturated rings. The van der Waals surface area contributed by atoms with E-state index in [9.17, 15) is 4.79 Å². The molecule has 5 heteroatoms. The summed E-state index contributed by atoms with van der Waals surface area (Å²) in [5.41, 5.74) is 1.22. The Hall–Kier alpha value is -1.71. The number of benzene rings is 2. The van der Waals surface area contributed by atoms with Crippen molar-refractivity contribution in [3.63, 3.8) is 0 Å². The molecule has 0 saturated heterocycles. The van der Waals surface area contributed by atoms with E-state index in [1.807, 2.05) is 0 Å². The van der Waals surface area contributed by atoms with Gasteiger partial charge in [0.25, 0.3) is 5.91 Å². The zero-order chi connectivity index (χ0) is 13.8. The quantitative estimate of drug-likeness (QED) is 0.908. The maximum atomic E-state index is 12.0. The summed E-state index contributed by atoms with van der Waals surface area (Å²) in [5, 5.41) is 12.5. The van der Waals surface area contributed by atoms with Crippen LogP contribution in [0.4, 0.5) is 0 Å². The maximum absolute atomic E-state index is 12.0. The van der Waals surface area contributed by atoms with Crippen LogP contribution in [-0.4, -0.2) is 11.0 Å². The molecule has 0 unspecified atom stereocenters. The number of halogens is 2. The molecule has 0 atom stereocenters. The standard InChI is InChI=1S/C14H11Cl2NO2/c15-12-3-1-2-11(13(12)16)14(19)17-8-9-4-6-10(18)7-5-9/h1-7,18H,8H2,(H,17,19). The Morgan fingerprint density at radius 3 is 2.47 bits per heavy atom. The fourth-order valence-corrected chi connectivity index (χ4v) is 1.96. The van der Waals surface area contributed by atoms with E-state index in [0.717, 1.165) is 5.56 Å². The Bertz CT molecular complexity index is 597. The van der Waals surface area contributed by atoms with E-state index in [0.29, 0.717) is 17.1 Å². The van der Waals surface area contributed by atoms with Crippen LogP contribution in [-0.2, 0) is 6.54 Å². The van der Waals surface area contributed by atoms with Gasteiger partial charge in [-0.15, -0.1) is 0 Å². The smallest absolute Gasteiger partial charge is 0.253 e. The molecule has 0 spiro atoms. The number of phenolic OH excluding ortho intramolecular Hbond substituents is 1. The average molecular weight is 296 g/mol. The fourth-order valence-electron chi connectivity index (χ4n) is 1.57. The minimum Gasteiger partial charge on any atom is -0.508 e. The third-order valence-corrected chi connectivity index (χ3v) is 3.40. The first kappa shape index (κ1) is 13.7. The molecule has 2 rings (SSSR count). The van der Waals surface area contributed by atoms with E-state index in [-0.39, 0.29) is 16.7 Å². The van der Waals surface area contributed by atoms with Gasteiger partial charge in [-0.25, -0.2) is 0 Å². The van der Waals surface area contributed by atoms with Gasteiger partial charge >= 0.3 is 0 Å². The zero-order valence-corrected chi connectivity index (χ0v) is 11.4. The van der Waals surface area contributed by atoms with Crippen molar-refractivity contribution in [3.05, 3.63) is 63.6 Å². The van der Waals surface area contributed by atoms with E-state index < -0.39 is 0 Å². The molecule has 0 radical (unpaired) electrons. The van der Waals surface area contributed by atoms with Gasteiger partial charge in [0.1, 0.15) is 5.75 Å². The first-order valence-corrected chi connectivity index (χ1v) is 6.33. The molecule has 2 N–H and O–H groups in total. The SMILES string of the molecule is O=C(NCc1ccc(O)cc1)c1cccc(Cl)c1Cl. The largest absolute Gasteiger partial charge is 0.508 e. The monoisotopic (exact) mass is 295 g/mol. The highest BCUT2D eigenvalue weighted by Crippen LogP contribution is 2.25.